The van der Waals surface area contributed by atoms with Gasteiger partial charge in [-0.3, -0.25) is 47.9 Å². The van der Waals surface area contributed by atoms with Crippen LogP contribution in [0, 0.1) is 0 Å². The van der Waals surface area contributed by atoms with Crippen LogP contribution in [0.2, 0.25) is 0 Å². The second-order valence-corrected chi connectivity index (χ2v) is 22.8. The van der Waals surface area contributed by atoms with Crippen LogP contribution in [0.4, 0.5) is 4.79 Å². The highest BCUT2D eigenvalue weighted by Crippen LogP contribution is 2.20. The Morgan fingerprint density at radius 2 is 1.24 bits per heavy atom. The number of aromatic hydroxyl groups is 1. The summed E-state index contributed by atoms with van der Waals surface area (Å²) in [4.78, 5) is 154. The summed E-state index contributed by atoms with van der Waals surface area (Å²) in [6.45, 7) is 9.09. The van der Waals surface area contributed by atoms with Gasteiger partial charge in [-0.25, -0.2) is 4.79 Å². The maximum Gasteiger partial charge on any atom is 0.408 e. The molecule has 0 saturated carbocycles. The largest absolute Gasteiger partial charge is 0.508 e. The van der Waals surface area contributed by atoms with Gasteiger partial charge in [0.2, 0.25) is 53.2 Å². The molecule has 4 aromatic rings. The van der Waals surface area contributed by atoms with Crippen molar-refractivity contribution in [3.05, 3.63) is 102 Å². The fourth-order valence-corrected chi connectivity index (χ4v) is 9.07. The van der Waals surface area contributed by atoms with E-state index in [4.69, 9.17) is 15.2 Å². The van der Waals surface area contributed by atoms with Crippen molar-refractivity contribution in [3.8, 4) is 5.75 Å². The van der Waals surface area contributed by atoms with Crippen LogP contribution < -0.4 is 53.6 Å². The highest BCUT2D eigenvalue weighted by Gasteiger charge is 2.35. The van der Waals surface area contributed by atoms with Gasteiger partial charge in [-0.15, -0.1) is 0 Å². The van der Waals surface area contributed by atoms with Crippen molar-refractivity contribution >= 4 is 76.1 Å². The van der Waals surface area contributed by atoms with Crippen molar-refractivity contribution in [2.24, 2.45) is 5.73 Å². The van der Waals surface area contributed by atoms with E-state index >= 15 is 0 Å². The predicted octanol–water partition coefficient (Wildman–Crippen LogP) is 1.92. The molecule has 3 aromatic carbocycles. The predicted molar refractivity (Wildman–Crippen MR) is 312 cm³/mol. The zero-order valence-electron chi connectivity index (χ0n) is 49.0. The van der Waals surface area contributed by atoms with Gasteiger partial charge < -0.3 is 73.1 Å². The summed E-state index contributed by atoms with van der Waals surface area (Å²) >= 11 is 0. The maximum absolute atomic E-state index is 14.8. The lowest BCUT2D eigenvalue weighted by atomic mass is 10.0. The van der Waals surface area contributed by atoms with Gasteiger partial charge in [0.1, 0.15) is 53.2 Å². The number of benzene rings is 3. The lowest BCUT2D eigenvalue weighted by molar-refractivity contribution is -0.156. The number of aromatic amines is 1. The van der Waals surface area contributed by atoms with Crippen molar-refractivity contribution in [2.75, 3.05) is 19.6 Å². The number of fused-ring (bicyclic) bond motifs is 1. The number of rotatable bonds is 16. The first kappa shape index (κ1) is 66.8. The van der Waals surface area contributed by atoms with Crippen LogP contribution in [0.1, 0.15) is 116 Å². The molecule has 0 aliphatic carbocycles. The number of nitrogens with two attached hydrogens (primary N) is 1. The van der Waals surface area contributed by atoms with Crippen LogP contribution in [-0.2, 0) is 76.7 Å². The number of H-pyrrole nitrogens is 1. The van der Waals surface area contributed by atoms with Crippen molar-refractivity contribution in [1.82, 2.24) is 52.8 Å². The molecule has 25 nitrogen and oxygen atoms in total. The third-order valence-corrected chi connectivity index (χ3v) is 13.2. The van der Waals surface area contributed by atoms with Crippen LogP contribution in [0.15, 0.2) is 85.1 Å². The number of hydrogen-bond donors (Lipinski definition) is 12. The highest BCUT2D eigenvalue weighted by atomic mass is 16.6. The monoisotopic (exact) mass is 1180 g/mol. The van der Waals surface area contributed by atoms with Crippen molar-refractivity contribution in [2.45, 2.75) is 166 Å². The van der Waals surface area contributed by atoms with Crippen LogP contribution in [0.5, 0.6) is 5.75 Å². The molecule has 2 unspecified atom stereocenters. The summed E-state index contributed by atoms with van der Waals surface area (Å²) in [5.41, 5.74) is 6.23. The van der Waals surface area contributed by atoms with E-state index in [9.17, 15) is 57.8 Å². The first-order valence-electron chi connectivity index (χ1n) is 28.4. The average Bonchev–Trinajstić information content (AvgIpc) is 3.47. The Hall–Kier alpha value is -9.03. The summed E-state index contributed by atoms with van der Waals surface area (Å²) < 4.78 is 10.9. The van der Waals surface area contributed by atoms with Crippen LogP contribution >= 0.6 is 0 Å². The Labute approximate surface area is 493 Å². The Morgan fingerprint density at radius 1 is 0.635 bits per heavy atom. The van der Waals surface area contributed by atoms with E-state index in [2.05, 4.69) is 52.8 Å². The van der Waals surface area contributed by atoms with Gasteiger partial charge in [-0.1, -0.05) is 60.7 Å². The minimum atomic E-state index is -1.69. The fraction of sp³-hybridized carbons (Fsp3) is 0.483. The van der Waals surface area contributed by atoms with Gasteiger partial charge in [0.15, 0.2) is 0 Å². The molecule has 0 spiro atoms. The molecule has 1 aliphatic rings. The van der Waals surface area contributed by atoms with E-state index < -0.39 is 114 Å². The van der Waals surface area contributed by atoms with Gasteiger partial charge in [0, 0.05) is 62.3 Å². The van der Waals surface area contributed by atoms with Crippen molar-refractivity contribution in [3.63, 3.8) is 0 Å². The highest BCUT2D eigenvalue weighted by molar-refractivity contribution is 5.98. The van der Waals surface area contributed by atoms with Gasteiger partial charge in [-0.2, -0.15) is 0 Å². The van der Waals surface area contributed by atoms with E-state index in [1.165, 1.54) is 12.1 Å². The Morgan fingerprint density at radius 3 is 1.87 bits per heavy atom. The number of carbonyl (C=O) groups is 11. The second-order valence-electron chi connectivity index (χ2n) is 22.8. The third kappa shape index (κ3) is 24.0. The van der Waals surface area contributed by atoms with E-state index in [0.717, 1.165) is 0 Å². The minimum Gasteiger partial charge on any atom is -0.508 e. The molecule has 1 fully saturated rings. The third-order valence-electron chi connectivity index (χ3n) is 13.2. The summed E-state index contributed by atoms with van der Waals surface area (Å²) in [5, 5.41) is 34.4. The standard InChI is InChI=1S/C60H81N11O14/c1-59(2,3)84-51(76)33-47(57(82)69-44(52(61)77)30-36-16-8-7-9-17-36)70-54(79)43-21-15-29-63-49(74)23-13-12-22-48(73)62-28-14-20-42(67-55(80)45(71-58(83)85-60(4,5)6)31-37-24-26-39(72)27-25-37)53(78)65-35-50(75)66-46(56(81)68-43)32-38-34-64-41-19-11-10-18-40(38)41/h7-11,16-19,24-27,34,42-47,64,72H,12-15,20-23,28-33,35H2,1-6H3,(H2,61,77)(H,62,73)(H,63,74)(H,65,78)(H,66,75)(H,67,80)(H,68,81)(H,69,82)(H,70,79)(H,71,83)/t42-,43?,44-,45-,46?,47-/m0/s1. The number of nitrogens with one attached hydrogen (secondary N) is 10. The number of esters is 1. The van der Waals surface area contributed by atoms with Crippen LogP contribution in [0.3, 0.4) is 0 Å². The number of aromatic nitrogens is 1. The van der Waals surface area contributed by atoms with E-state index in [1.54, 1.807) is 114 Å². The number of amides is 10. The molecule has 6 atom stereocenters. The molecule has 460 valence electrons. The lowest BCUT2D eigenvalue weighted by Crippen LogP contribution is -2.59. The molecule has 1 aliphatic heterocycles. The molecule has 1 aromatic heterocycles. The lowest BCUT2D eigenvalue weighted by Gasteiger charge is -2.27. The van der Waals surface area contributed by atoms with Gasteiger partial charge in [0.05, 0.1) is 13.0 Å². The summed E-state index contributed by atoms with van der Waals surface area (Å²) in [6.07, 6.45) is 0.473. The normalized spacial score (nSPS) is 18.6. The average molecular weight is 1180 g/mol. The topological polar surface area (TPSA) is 377 Å². The van der Waals surface area contributed by atoms with Gasteiger partial charge >= 0.3 is 12.1 Å². The number of phenols is 1. The number of para-hydroxylation sites is 1. The van der Waals surface area contributed by atoms with E-state index in [1.807, 2.05) is 0 Å². The molecule has 13 N–H and O–H groups in total. The number of ether oxygens (including phenoxy) is 2. The number of carbonyl (C=O) groups excluding carboxylic acids is 11. The second kappa shape index (κ2) is 32.1. The summed E-state index contributed by atoms with van der Waals surface area (Å²) in [5.74, 6) is -7.87. The maximum atomic E-state index is 14.8. The molecule has 2 heterocycles. The molecular weight excluding hydrogens is 1100 g/mol. The first-order valence-corrected chi connectivity index (χ1v) is 28.4. The molecule has 25 heteroatoms. The summed E-state index contributed by atoms with van der Waals surface area (Å²) in [6, 6.07) is 13.1. The molecule has 1 saturated heterocycles. The minimum absolute atomic E-state index is 0.0244. The Balaban J connectivity index is 1.45. The molecule has 0 bridgehead atoms. The van der Waals surface area contributed by atoms with Crippen LogP contribution in [-0.4, -0.2) is 142 Å². The molecule has 85 heavy (non-hydrogen) atoms. The number of alkyl carbamates (subject to hydrolysis) is 1. The SMILES string of the molecule is CC(C)(C)OC(=O)C[C@H](NC(=O)C1CCCNC(=O)CCCCC(=O)NCCC[C@H](NC(=O)[C@H](Cc2ccc(O)cc2)NC(=O)OC(C)(C)C)C(=O)NCC(=O)NC(Cc2c[nH]c3ccccc23)C(=O)N1)C(=O)N[C@@H](Cc1ccccc1)C(N)=O. The first-order chi connectivity index (χ1) is 40.2. The van der Waals surface area contributed by atoms with Crippen LogP contribution in [0.25, 0.3) is 10.9 Å². The zero-order chi connectivity index (χ0) is 62.3. The van der Waals surface area contributed by atoms with E-state index in [0.29, 0.717) is 40.4 Å². The summed E-state index contributed by atoms with van der Waals surface area (Å²) in [7, 11) is 0. The van der Waals surface area contributed by atoms with Crippen molar-refractivity contribution in [1.29, 1.82) is 0 Å². The quantitative estimate of drug-likeness (QED) is 0.0714. The number of primary amides is 1. The molecule has 10 amide bonds. The number of phenolic OH excluding ortho intramolecular Hbond substituents is 1. The van der Waals surface area contributed by atoms with Gasteiger partial charge in [0.25, 0.3) is 0 Å². The number of hydrogen-bond acceptors (Lipinski definition) is 14. The fourth-order valence-electron chi connectivity index (χ4n) is 9.07. The Kier molecular flexibility index (Phi) is 25.2. The zero-order valence-corrected chi connectivity index (χ0v) is 49.0. The van der Waals surface area contributed by atoms with E-state index in [-0.39, 0.29) is 88.4 Å². The smallest absolute Gasteiger partial charge is 0.408 e. The van der Waals surface area contributed by atoms with Crippen molar-refractivity contribution < 1.29 is 67.3 Å². The molecular formula is C60H81N11O14. The molecule has 0 radical (unpaired) electrons. The van der Waals surface area contributed by atoms with Gasteiger partial charge in [-0.05, 0) is 115 Å². The Bertz CT molecular complexity index is 2970. The molecule has 5 rings (SSSR count).